The molecule has 0 bridgehead atoms. The van der Waals surface area contributed by atoms with Crippen molar-refractivity contribution in [2.45, 2.75) is 38.3 Å². The highest BCUT2D eigenvalue weighted by molar-refractivity contribution is 6.01. The van der Waals surface area contributed by atoms with E-state index in [1.807, 2.05) is 13.8 Å². The number of nitro groups is 1. The summed E-state index contributed by atoms with van der Waals surface area (Å²) in [5.74, 6) is -0.816. The number of aromatic hydroxyl groups is 1. The molecule has 2 fully saturated rings. The fraction of sp³-hybridized carbons (Fsp3) is 0.562. The molecule has 0 spiro atoms. The maximum Gasteiger partial charge on any atom is 0.271 e. The van der Waals surface area contributed by atoms with Crippen LogP contribution in [0.2, 0.25) is 0 Å². The van der Waals surface area contributed by atoms with Crippen molar-refractivity contribution in [3.8, 4) is 5.75 Å². The van der Waals surface area contributed by atoms with Crippen LogP contribution in [0.5, 0.6) is 5.75 Å². The molecular weight excluding hydrogens is 350 g/mol. The van der Waals surface area contributed by atoms with Crippen LogP contribution in [0.4, 0.5) is 11.4 Å². The fourth-order valence-corrected chi connectivity index (χ4v) is 4.00. The summed E-state index contributed by atoms with van der Waals surface area (Å²) in [5.41, 5.74) is 4.50. The Morgan fingerprint density at radius 2 is 2.16 bits per heavy atom. The summed E-state index contributed by atoms with van der Waals surface area (Å²) in [6, 6.07) is 3.47. The number of amides is 1. The minimum atomic E-state index is -1.16. The van der Waals surface area contributed by atoms with Gasteiger partial charge in [-0.05, 0) is 18.9 Å². The highest BCUT2D eigenvalue weighted by Gasteiger charge is 2.70. The van der Waals surface area contributed by atoms with Crippen LogP contribution in [0.15, 0.2) is 18.2 Å². The van der Waals surface area contributed by atoms with E-state index in [1.54, 1.807) is 0 Å². The number of halogens is 1. The Kier molecular flexibility index (Phi) is 5.00. The molecule has 1 aliphatic heterocycles. The van der Waals surface area contributed by atoms with Gasteiger partial charge in [-0.15, -0.1) is 12.4 Å². The van der Waals surface area contributed by atoms with Gasteiger partial charge in [0.25, 0.3) is 5.69 Å². The van der Waals surface area contributed by atoms with Crippen molar-refractivity contribution in [3.63, 3.8) is 0 Å². The summed E-state index contributed by atoms with van der Waals surface area (Å²) in [6.45, 7) is 4.42. The smallest absolute Gasteiger partial charge is 0.271 e. The van der Waals surface area contributed by atoms with Crippen LogP contribution in [0.3, 0.4) is 0 Å². The van der Waals surface area contributed by atoms with Gasteiger partial charge < -0.3 is 20.9 Å². The first-order valence-corrected chi connectivity index (χ1v) is 7.89. The van der Waals surface area contributed by atoms with Gasteiger partial charge in [0.05, 0.1) is 16.7 Å². The number of nitrogens with two attached hydrogens (primary N) is 1. The Bertz CT molecular complexity index is 711. The summed E-state index contributed by atoms with van der Waals surface area (Å²) < 4.78 is 5.76. The van der Waals surface area contributed by atoms with Crippen molar-refractivity contribution < 1.29 is 19.6 Å². The number of anilines is 1. The first kappa shape index (κ1) is 19.4. The van der Waals surface area contributed by atoms with E-state index in [4.69, 9.17) is 10.5 Å². The van der Waals surface area contributed by atoms with Gasteiger partial charge in [-0.3, -0.25) is 14.9 Å². The molecule has 3 atom stereocenters. The Morgan fingerprint density at radius 3 is 2.80 bits per heavy atom. The van der Waals surface area contributed by atoms with Crippen LogP contribution in [0.25, 0.3) is 0 Å². The van der Waals surface area contributed by atoms with Gasteiger partial charge in [0.15, 0.2) is 0 Å². The van der Waals surface area contributed by atoms with Gasteiger partial charge >= 0.3 is 0 Å². The molecule has 1 amide bonds. The van der Waals surface area contributed by atoms with E-state index in [9.17, 15) is 20.0 Å². The number of benzene rings is 1. The van der Waals surface area contributed by atoms with Gasteiger partial charge in [-0.1, -0.05) is 13.8 Å². The van der Waals surface area contributed by atoms with Gasteiger partial charge in [0.1, 0.15) is 11.3 Å². The summed E-state index contributed by atoms with van der Waals surface area (Å²) in [7, 11) is 0. The molecular formula is C16H22ClN3O5. The van der Waals surface area contributed by atoms with E-state index in [-0.39, 0.29) is 41.6 Å². The molecule has 8 nitrogen and oxygen atoms in total. The zero-order valence-electron chi connectivity index (χ0n) is 14.0. The van der Waals surface area contributed by atoms with Crippen molar-refractivity contribution >= 4 is 29.7 Å². The Balaban J connectivity index is 0.00000225. The third-order valence-electron chi connectivity index (χ3n) is 5.50. The molecule has 0 radical (unpaired) electrons. The Hall–Kier alpha value is -1.90. The quantitative estimate of drug-likeness (QED) is 0.424. The number of nitrogens with one attached hydrogen (secondary N) is 1. The lowest BCUT2D eigenvalue weighted by molar-refractivity contribution is -0.384. The monoisotopic (exact) mass is 371 g/mol. The van der Waals surface area contributed by atoms with Crippen LogP contribution in [0.1, 0.15) is 26.7 Å². The number of nitrogens with zero attached hydrogens (tertiary/aromatic N) is 1. The normalized spacial score (nSPS) is 29.6. The second kappa shape index (κ2) is 6.44. The van der Waals surface area contributed by atoms with Gasteiger partial charge in [0.2, 0.25) is 5.91 Å². The van der Waals surface area contributed by atoms with E-state index >= 15 is 0 Å². The van der Waals surface area contributed by atoms with Crippen LogP contribution < -0.4 is 11.1 Å². The molecule has 9 heteroatoms. The van der Waals surface area contributed by atoms with E-state index in [2.05, 4.69) is 5.32 Å². The average Bonchev–Trinajstić information content (AvgIpc) is 2.55. The number of phenolic OH excluding ortho intramolecular Hbond substituents is 1. The molecule has 4 N–H and O–H groups in total. The van der Waals surface area contributed by atoms with Crippen molar-refractivity contribution in [3.05, 3.63) is 28.3 Å². The molecule has 1 saturated carbocycles. The number of non-ortho nitro benzene ring substituents is 1. The second-order valence-corrected chi connectivity index (χ2v) is 7.04. The molecule has 1 saturated heterocycles. The molecule has 2 aliphatic rings. The van der Waals surface area contributed by atoms with E-state index in [0.29, 0.717) is 6.61 Å². The fourth-order valence-electron chi connectivity index (χ4n) is 4.00. The van der Waals surface area contributed by atoms with E-state index < -0.39 is 21.8 Å². The average molecular weight is 372 g/mol. The number of carbonyl (C=O) groups is 1. The largest absolute Gasteiger partial charge is 0.506 e. The third kappa shape index (κ3) is 2.74. The summed E-state index contributed by atoms with van der Waals surface area (Å²) in [6.07, 6.45) is 1.55. The summed E-state index contributed by atoms with van der Waals surface area (Å²) in [4.78, 5) is 23.1. The van der Waals surface area contributed by atoms with Crippen LogP contribution in [-0.4, -0.2) is 34.2 Å². The molecule has 3 rings (SSSR count). The van der Waals surface area contributed by atoms with Gasteiger partial charge in [0, 0.05) is 30.1 Å². The van der Waals surface area contributed by atoms with Crippen molar-refractivity contribution in [2.24, 2.45) is 17.1 Å². The van der Waals surface area contributed by atoms with Crippen molar-refractivity contribution in [1.82, 2.24) is 0 Å². The molecule has 1 aliphatic carbocycles. The first-order valence-electron chi connectivity index (χ1n) is 7.89. The lowest BCUT2D eigenvalue weighted by atomic mass is 9.46. The number of hydrogen-bond acceptors (Lipinski definition) is 6. The predicted molar refractivity (Wildman–Crippen MR) is 93.8 cm³/mol. The van der Waals surface area contributed by atoms with Crippen LogP contribution in [-0.2, 0) is 9.53 Å². The molecule has 0 aromatic heterocycles. The van der Waals surface area contributed by atoms with Crippen LogP contribution >= 0.6 is 12.4 Å². The lowest BCUT2D eigenvalue weighted by Gasteiger charge is -2.65. The predicted octanol–water partition coefficient (Wildman–Crippen LogP) is 2.19. The Labute approximate surface area is 151 Å². The van der Waals surface area contributed by atoms with Crippen molar-refractivity contribution in [2.75, 3.05) is 11.9 Å². The Morgan fingerprint density at radius 1 is 1.48 bits per heavy atom. The molecule has 25 heavy (non-hydrogen) atoms. The maximum absolute atomic E-state index is 12.8. The number of fused-ring (bicyclic) bond motifs is 1. The first-order chi connectivity index (χ1) is 11.2. The number of hydrogen-bond donors (Lipinski definition) is 3. The SMILES string of the molecule is CC1(C)C2OCCCC2C1(N)C(=O)Nc1cc([N+](=O)[O-])ccc1O.Cl. The van der Waals surface area contributed by atoms with Crippen LogP contribution in [0, 0.1) is 21.4 Å². The van der Waals surface area contributed by atoms with Gasteiger partial charge in [-0.2, -0.15) is 0 Å². The maximum atomic E-state index is 12.8. The van der Waals surface area contributed by atoms with Crippen molar-refractivity contribution in [1.29, 1.82) is 0 Å². The summed E-state index contributed by atoms with van der Waals surface area (Å²) in [5, 5.41) is 23.3. The number of rotatable bonds is 3. The minimum Gasteiger partial charge on any atom is -0.506 e. The zero-order chi connectivity index (χ0) is 17.7. The topological polar surface area (TPSA) is 128 Å². The van der Waals surface area contributed by atoms with E-state index in [0.717, 1.165) is 18.9 Å². The number of nitro benzene ring substituents is 1. The standard InChI is InChI=1S/C16H21N3O5.ClH/c1-15(2)13-10(4-3-7-24-13)16(15,17)14(21)18-11-8-9(19(22)23)5-6-12(11)20;/h5-6,8,10,13,20H,3-4,7,17H2,1-2H3,(H,18,21);1H. The second-order valence-electron chi connectivity index (χ2n) is 7.04. The number of carbonyl (C=O) groups excluding carboxylic acids is 1. The molecule has 1 aromatic rings. The molecule has 1 heterocycles. The minimum absolute atomic E-state index is 0. The summed E-state index contributed by atoms with van der Waals surface area (Å²) >= 11 is 0. The highest BCUT2D eigenvalue weighted by atomic mass is 35.5. The highest BCUT2D eigenvalue weighted by Crippen LogP contribution is 2.57. The molecule has 3 unspecified atom stereocenters. The number of ether oxygens (including phenoxy) is 1. The third-order valence-corrected chi connectivity index (χ3v) is 5.50. The number of phenols is 1. The van der Waals surface area contributed by atoms with Gasteiger partial charge in [-0.25, -0.2) is 0 Å². The lowest BCUT2D eigenvalue weighted by Crippen LogP contribution is -2.81. The molecule has 1 aromatic carbocycles. The molecule has 138 valence electrons. The zero-order valence-corrected chi connectivity index (χ0v) is 14.8. The van der Waals surface area contributed by atoms with E-state index in [1.165, 1.54) is 12.1 Å².